The molecule has 2 fully saturated rings. The van der Waals surface area contributed by atoms with Gasteiger partial charge in [0, 0.05) is 0 Å². The van der Waals surface area contributed by atoms with Gasteiger partial charge in [-0.15, -0.1) is 0 Å². The van der Waals surface area contributed by atoms with Gasteiger partial charge in [0.2, 0.25) is 0 Å². The van der Waals surface area contributed by atoms with Crippen molar-refractivity contribution < 1.29 is 0 Å². The Kier molecular flexibility index (Phi) is 1.79. The monoisotopic (exact) mass is 204 g/mol. The number of rotatable bonds is 0. The van der Waals surface area contributed by atoms with Crippen LogP contribution in [0.1, 0.15) is 53.4 Å². The zero-order valence-corrected chi connectivity index (χ0v) is 10.6. The molecule has 2 bridgehead atoms. The number of hydrogen-bond acceptors (Lipinski definition) is 0. The first-order chi connectivity index (χ1) is 6.98. The first kappa shape index (κ1) is 9.93. The first-order valence-electron chi connectivity index (χ1n) is 6.65. The maximum Gasteiger partial charge on any atom is -0.0146 e. The summed E-state index contributed by atoms with van der Waals surface area (Å²) in [4.78, 5) is 0. The number of fused-ring (bicyclic) bond motifs is 1. The van der Waals surface area contributed by atoms with Crippen LogP contribution < -0.4 is 0 Å². The van der Waals surface area contributed by atoms with E-state index in [-0.39, 0.29) is 0 Å². The van der Waals surface area contributed by atoms with Crippen LogP contribution in [0.25, 0.3) is 0 Å². The van der Waals surface area contributed by atoms with Crippen molar-refractivity contribution in [3.05, 3.63) is 11.6 Å². The average Bonchev–Trinajstić information content (AvgIpc) is 2.57. The Morgan fingerprint density at radius 2 is 2.00 bits per heavy atom. The molecule has 0 radical (unpaired) electrons. The van der Waals surface area contributed by atoms with E-state index >= 15 is 0 Å². The summed E-state index contributed by atoms with van der Waals surface area (Å²) in [5.74, 6) is 2.86. The van der Waals surface area contributed by atoms with Crippen LogP contribution in [0, 0.1) is 28.6 Å². The predicted octanol–water partition coefficient (Wildman–Crippen LogP) is 4.42. The summed E-state index contributed by atoms with van der Waals surface area (Å²) < 4.78 is 0. The van der Waals surface area contributed by atoms with Crippen molar-refractivity contribution in [1.82, 2.24) is 0 Å². The van der Waals surface area contributed by atoms with E-state index in [1.807, 2.05) is 0 Å². The zero-order valence-electron chi connectivity index (χ0n) is 10.6. The smallest absolute Gasteiger partial charge is 0.0146 e. The van der Waals surface area contributed by atoms with E-state index in [4.69, 9.17) is 0 Å². The van der Waals surface area contributed by atoms with Gasteiger partial charge in [0.05, 0.1) is 0 Å². The molecular weight excluding hydrogens is 180 g/mol. The van der Waals surface area contributed by atoms with Gasteiger partial charge in [-0.25, -0.2) is 0 Å². The van der Waals surface area contributed by atoms with Crippen LogP contribution in [0.2, 0.25) is 0 Å². The Hall–Kier alpha value is -0.260. The molecule has 4 atom stereocenters. The standard InChI is InChI=1S/C15H24/c1-10-7-8-15-9-12(10)14(3,4)13(15)6-5-11(15)2/h7,11-13H,5-6,8-9H2,1-4H3/t11-,12-,13+,15-/m0/s1. The molecule has 15 heavy (non-hydrogen) atoms. The lowest BCUT2D eigenvalue weighted by molar-refractivity contribution is 0.128. The van der Waals surface area contributed by atoms with E-state index in [2.05, 4.69) is 33.8 Å². The van der Waals surface area contributed by atoms with Crippen molar-refractivity contribution in [2.24, 2.45) is 28.6 Å². The van der Waals surface area contributed by atoms with E-state index in [0.29, 0.717) is 10.8 Å². The van der Waals surface area contributed by atoms with Crippen LogP contribution >= 0.6 is 0 Å². The van der Waals surface area contributed by atoms with Gasteiger partial charge in [0.15, 0.2) is 0 Å². The highest BCUT2D eigenvalue weighted by atomic mass is 14.7. The van der Waals surface area contributed by atoms with E-state index in [1.165, 1.54) is 25.7 Å². The highest BCUT2D eigenvalue weighted by Gasteiger charge is 2.62. The van der Waals surface area contributed by atoms with Gasteiger partial charge in [-0.1, -0.05) is 32.4 Å². The zero-order chi connectivity index (χ0) is 10.8. The van der Waals surface area contributed by atoms with Crippen LogP contribution in [0.5, 0.6) is 0 Å². The van der Waals surface area contributed by atoms with Crippen molar-refractivity contribution in [2.45, 2.75) is 53.4 Å². The molecule has 3 rings (SSSR count). The van der Waals surface area contributed by atoms with Gasteiger partial charge in [-0.2, -0.15) is 0 Å². The normalized spacial score (nSPS) is 51.5. The first-order valence-corrected chi connectivity index (χ1v) is 6.65. The summed E-state index contributed by atoms with van der Waals surface area (Å²) in [5.41, 5.74) is 2.96. The Labute approximate surface area is 94.1 Å². The van der Waals surface area contributed by atoms with Crippen LogP contribution in [0.4, 0.5) is 0 Å². The Balaban J connectivity index is 2.11. The van der Waals surface area contributed by atoms with E-state index in [9.17, 15) is 0 Å². The van der Waals surface area contributed by atoms with Crippen molar-refractivity contribution >= 4 is 0 Å². The largest absolute Gasteiger partial charge is 0.0847 e. The quantitative estimate of drug-likeness (QED) is 0.513. The van der Waals surface area contributed by atoms with Gasteiger partial charge in [0.25, 0.3) is 0 Å². The second-order valence-corrected chi connectivity index (χ2v) is 6.99. The lowest BCUT2D eigenvalue weighted by Gasteiger charge is -2.36. The third-order valence-electron chi connectivity index (χ3n) is 6.30. The van der Waals surface area contributed by atoms with Gasteiger partial charge >= 0.3 is 0 Å². The highest BCUT2D eigenvalue weighted by Crippen LogP contribution is 2.71. The molecule has 0 aliphatic heterocycles. The van der Waals surface area contributed by atoms with Crippen molar-refractivity contribution in [3.63, 3.8) is 0 Å². The molecule has 0 unspecified atom stereocenters. The van der Waals surface area contributed by atoms with Gasteiger partial charge in [-0.05, 0) is 61.2 Å². The average molecular weight is 204 g/mol. The predicted molar refractivity (Wildman–Crippen MR) is 64.6 cm³/mol. The van der Waals surface area contributed by atoms with Gasteiger partial charge in [0.1, 0.15) is 0 Å². The Bertz CT molecular complexity index is 323. The molecule has 1 spiro atoms. The van der Waals surface area contributed by atoms with Crippen LogP contribution in [-0.2, 0) is 0 Å². The summed E-state index contributed by atoms with van der Waals surface area (Å²) in [6.07, 6.45) is 8.41. The topological polar surface area (TPSA) is 0 Å². The molecule has 0 nitrogen and oxygen atoms in total. The summed E-state index contributed by atoms with van der Waals surface area (Å²) in [5, 5.41) is 0. The molecule has 0 amide bonds. The molecule has 0 heteroatoms. The highest BCUT2D eigenvalue weighted by molar-refractivity contribution is 5.25. The molecule has 2 saturated carbocycles. The van der Waals surface area contributed by atoms with Gasteiger partial charge < -0.3 is 0 Å². The SMILES string of the molecule is CC1=CC[C@@]23C[C@@H]1C(C)(C)[C@H]2CC[C@@H]3C. The molecule has 0 aromatic carbocycles. The van der Waals surface area contributed by atoms with Crippen LogP contribution in [-0.4, -0.2) is 0 Å². The molecule has 84 valence electrons. The minimum atomic E-state index is 0.571. The van der Waals surface area contributed by atoms with Crippen molar-refractivity contribution in [2.75, 3.05) is 0 Å². The summed E-state index contributed by atoms with van der Waals surface area (Å²) in [6, 6.07) is 0. The third kappa shape index (κ3) is 0.990. The van der Waals surface area contributed by atoms with Gasteiger partial charge in [-0.3, -0.25) is 0 Å². The molecule has 0 aromatic heterocycles. The van der Waals surface area contributed by atoms with E-state index in [0.717, 1.165) is 17.8 Å². The molecule has 3 aliphatic rings. The van der Waals surface area contributed by atoms with E-state index < -0.39 is 0 Å². The summed E-state index contributed by atoms with van der Waals surface area (Å²) in [6.45, 7) is 9.94. The second kappa shape index (κ2) is 2.70. The van der Waals surface area contributed by atoms with Crippen LogP contribution in [0.3, 0.4) is 0 Å². The lowest BCUT2D eigenvalue weighted by atomic mass is 9.68. The maximum absolute atomic E-state index is 2.57. The summed E-state index contributed by atoms with van der Waals surface area (Å²) >= 11 is 0. The maximum atomic E-state index is 2.57. The van der Waals surface area contributed by atoms with Crippen molar-refractivity contribution in [1.29, 1.82) is 0 Å². The second-order valence-electron chi connectivity index (χ2n) is 6.99. The number of allylic oxidation sites excluding steroid dienone is 2. The molecule has 0 aromatic rings. The number of hydrogen-bond donors (Lipinski definition) is 0. The lowest BCUT2D eigenvalue weighted by Crippen LogP contribution is -2.30. The minimum absolute atomic E-state index is 0.571. The fourth-order valence-electron chi connectivity index (χ4n) is 5.35. The Morgan fingerprint density at radius 1 is 1.27 bits per heavy atom. The van der Waals surface area contributed by atoms with Crippen molar-refractivity contribution in [3.8, 4) is 0 Å². The molecule has 0 heterocycles. The molecular formula is C15H24. The molecule has 0 saturated heterocycles. The fourth-order valence-corrected chi connectivity index (χ4v) is 5.35. The van der Waals surface area contributed by atoms with Crippen LogP contribution in [0.15, 0.2) is 11.6 Å². The third-order valence-corrected chi connectivity index (χ3v) is 6.30. The molecule has 3 aliphatic carbocycles. The molecule has 0 N–H and O–H groups in total. The summed E-state index contributed by atoms with van der Waals surface area (Å²) in [7, 11) is 0. The van der Waals surface area contributed by atoms with E-state index in [1.54, 1.807) is 5.57 Å². The fraction of sp³-hybridized carbons (Fsp3) is 0.867. The Morgan fingerprint density at radius 3 is 2.73 bits per heavy atom. The minimum Gasteiger partial charge on any atom is -0.0847 e.